The molecular formula is C15H20O3. The Morgan fingerprint density at radius 2 is 2.22 bits per heavy atom. The predicted molar refractivity (Wildman–Crippen MR) is 70.5 cm³/mol. The van der Waals surface area contributed by atoms with E-state index in [9.17, 15) is 4.79 Å². The van der Waals surface area contributed by atoms with Crippen LogP contribution >= 0.6 is 0 Å². The van der Waals surface area contributed by atoms with E-state index >= 15 is 0 Å². The zero-order valence-corrected chi connectivity index (χ0v) is 11.1. The van der Waals surface area contributed by atoms with Crippen molar-refractivity contribution >= 4 is 5.78 Å². The SMILES string of the molecule is CCCCCC1CC(=O)c2ccc(OC)cc2O1. The van der Waals surface area contributed by atoms with Crippen molar-refractivity contribution in [2.75, 3.05) is 7.11 Å². The first-order chi connectivity index (χ1) is 8.74. The van der Waals surface area contributed by atoms with Gasteiger partial charge in [0, 0.05) is 12.5 Å². The van der Waals surface area contributed by atoms with Crippen LogP contribution in [0.4, 0.5) is 0 Å². The standard InChI is InChI=1S/C15H20O3/c1-3-4-5-6-12-9-14(16)13-8-7-11(17-2)10-15(13)18-12/h7-8,10,12H,3-6,9H2,1-2H3. The first-order valence-electron chi connectivity index (χ1n) is 6.62. The summed E-state index contributed by atoms with van der Waals surface area (Å²) in [7, 11) is 1.62. The number of hydrogen-bond donors (Lipinski definition) is 0. The van der Waals surface area contributed by atoms with Gasteiger partial charge in [0.05, 0.1) is 12.7 Å². The van der Waals surface area contributed by atoms with Crippen LogP contribution in [0.2, 0.25) is 0 Å². The number of benzene rings is 1. The molecule has 0 bridgehead atoms. The number of carbonyl (C=O) groups excluding carboxylic acids is 1. The molecule has 98 valence electrons. The van der Waals surface area contributed by atoms with E-state index in [0.717, 1.165) is 18.6 Å². The number of fused-ring (bicyclic) bond motifs is 1. The summed E-state index contributed by atoms with van der Waals surface area (Å²) in [5, 5.41) is 0. The molecule has 1 atom stereocenters. The molecule has 1 heterocycles. The first-order valence-corrected chi connectivity index (χ1v) is 6.62. The summed E-state index contributed by atoms with van der Waals surface area (Å²) < 4.78 is 11.0. The molecule has 2 rings (SSSR count). The Labute approximate surface area is 108 Å². The summed E-state index contributed by atoms with van der Waals surface area (Å²) in [6, 6.07) is 5.40. The Bertz CT molecular complexity index is 426. The molecule has 0 aliphatic carbocycles. The fraction of sp³-hybridized carbons (Fsp3) is 0.533. The minimum Gasteiger partial charge on any atom is -0.497 e. The van der Waals surface area contributed by atoms with Crippen molar-refractivity contribution in [3.8, 4) is 11.5 Å². The van der Waals surface area contributed by atoms with E-state index in [1.807, 2.05) is 0 Å². The fourth-order valence-corrected chi connectivity index (χ4v) is 2.28. The number of Topliss-reactive ketones (excluding diaryl/α,β-unsaturated/α-hetero) is 1. The zero-order chi connectivity index (χ0) is 13.0. The third-order valence-electron chi connectivity index (χ3n) is 3.33. The molecule has 0 amide bonds. The first kappa shape index (κ1) is 12.9. The van der Waals surface area contributed by atoms with Crippen molar-refractivity contribution in [2.24, 2.45) is 0 Å². The van der Waals surface area contributed by atoms with E-state index in [4.69, 9.17) is 9.47 Å². The predicted octanol–water partition coefficient (Wildman–Crippen LogP) is 3.61. The fourth-order valence-electron chi connectivity index (χ4n) is 2.28. The van der Waals surface area contributed by atoms with Gasteiger partial charge in [-0.05, 0) is 25.0 Å². The number of methoxy groups -OCH3 is 1. The van der Waals surface area contributed by atoms with Gasteiger partial charge < -0.3 is 9.47 Å². The number of unbranched alkanes of at least 4 members (excludes halogenated alkanes) is 2. The number of carbonyl (C=O) groups is 1. The molecule has 3 heteroatoms. The highest BCUT2D eigenvalue weighted by atomic mass is 16.5. The molecule has 3 nitrogen and oxygen atoms in total. The highest BCUT2D eigenvalue weighted by Crippen LogP contribution is 2.32. The van der Waals surface area contributed by atoms with Crippen molar-refractivity contribution in [3.05, 3.63) is 23.8 Å². The number of ketones is 1. The summed E-state index contributed by atoms with van der Waals surface area (Å²) >= 11 is 0. The second kappa shape index (κ2) is 5.89. The Hall–Kier alpha value is -1.51. The maximum atomic E-state index is 12.0. The van der Waals surface area contributed by atoms with Crippen LogP contribution in [0, 0.1) is 0 Å². The van der Waals surface area contributed by atoms with E-state index in [2.05, 4.69) is 6.92 Å². The lowest BCUT2D eigenvalue weighted by molar-refractivity contribution is 0.0834. The summed E-state index contributed by atoms with van der Waals surface area (Å²) in [4.78, 5) is 12.0. The van der Waals surface area contributed by atoms with Crippen LogP contribution < -0.4 is 9.47 Å². The summed E-state index contributed by atoms with van der Waals surface area (Å²) in [5.74, 6) is 1.59. The van der Waals surface area contributed by atoms with E-state index in [-0.39, 0.29) is 11.9 Å². The molecule has 0 radical (unpaired) electrons. The maximum absolute atomic E-state index is 12.0. The summed E-state index contributed by atoms with van der Waals surface area (Å²) in [6.07, 6.45) is 4.99. The second-order valence-electron chi connectivity index (χ2n) is 4.73. The van der Waals surface area contributed by atoms with Crippen LogP contribution in [-0.2, 0) is 0 Å². The van der Waals surface area contributed by atoms with Crippen LogP contribution in [0.5, 0.6) is 11.5 Å². The van der Waals surface area contributed by atoms with Gasteiger partial charge in [-0.2, -0.15) is 0 Å². The monoisotopic (exact) mass is 248 g/mol. The average molecular weight is 248 g/mol. The van der Waals surface area contributed by atoms with Gasteiger partial charge in [-0.1, -0.05) is 19.8 Å². The van der Waals surface area contributed by atoms with Crippen molar-refractivity contribution in [1.29, 1.82) is 0 Å². The molecular weight excluding hydrogens is 228 g/mol. The van der Waals surface area contributed by atoms with Crippen molar-refractivity contribution in [1.82, 2.24) is 0 Å². The highest BCUT2D eigenvalue weighted by molar-refractivity contribution is 6.00. The number of hydrogen-bond acceptors (Lipinski definition) is 3. The lowest BCUT2D eigenvalue weighted by atomic mass is 9.97. The van der Waals surface area contributed by atoms with Gasteiger partial charge in [0.1, 0.15) is 17.6 Å². The lowest BCUT2D eigenvalue weighted by Crippen LogP contribution is -2.26. The quantitative estimate of drug-likeness (QED) is 0.747. The smallest absolute Gasteiger partial charge is 0.170 e. The lowest BCUT2D eigenvalue weighted by Gasteiger charge is -2.25. The molecule has 1 unspecified atom stereocenters. The maximum Gasteiger partial charge on any atom is 0.170 e. The molecule has 18 heavy (non-hydrogen) atoms. The topological polar surface area (TPSA) is 35.5 Å². The minimum absolute atomic E-state index is 0.0312. The van der Waals surface area contributed by atoms with Gasteiger partial charge in [-0.3, -0.25) is 4.79 Å². The molecule has 0 saturated carbocycles. The second-order valence-corrected chi connectivity index (χ2v) is 4.73. The minimum atomic E-state index is 0.0312. The van der Waals surface area contributed by atoms with Crippen LogP contribution in [0.1, 0.15) is 49.4 Å². The molecule has 1 aromatic carbocycles. The highest BCUT2D eigenvalue weighted by Gasteiger charge is 2.26. The molecule has 0 spiro atoms. The van der Waals surface area contributed by atoms with Gasteiger partial charge >= 0.3 is 0 Å². The molecule has 0 saturated heterocycles. The van der Waals surface area contributed by atoms with Crippen molar-refractivity contribution < 1.29 is 14.3 Å². The third kappa shape index (κ3) is 2.84. The largest absolute Gasteiger partial charge is 0.497 e. The molecule has 0 fully saturated rings. The van der Waals surface area contributed by atoms with E-state index < -0.39 is 0 Å². The Morgan fingerprint density at radius 3 is 2.94 bits per heavy atom. The van der Waals surface area contributed by atoms with Gasteiger partial charge in [-0.15, -0.1) is 0 Å². The van der Waals surface area contributed by atoms with E-state index in [1.54, 1.807) is 25.3 Å². The Morgan fingerprint density at radius 1 is 1.39 bits per heavy atom. The Kier molecular flexibility index (Phi) is 4.24. The summed E-state index contributed by atoms with van der Waals surface area (Å²) in [6.45, 7) is 2.17. The number of ether oxygens (including phenoxy) is 2. The zero-order valence-electron chi connectivity index (χ0n) is 11.1. The molecule has 1 aromatic rings. The van der Waals surface area contributed by atoms with E-state index in [1.165, 1.54) is 12.8 Å². The van der Waals surface area contributed by atoms with Crippen LogP contribution in [0.25, 0.3) is 0 Å². The molecule has 1 aliphatic heterocycles. The normalized spacial score (nSPS) is 18.1. The Balaban J connectivity index is 2.08. The average Bonchev–Trinajstić information content (AvgIpc) is 2.38. The van der Waals surface area contributed by atoms with Crippen LogP contribution in [0.15, 0.2) is 18.2 Å². The molecule has 1 aliphatic rings. The number of rotatable bonds is 5. The van der Waals surface area contributed by atoms with Crippen LogP contribution in [0.3, 0.4) is 0 Å². The third-order valence-corrected chi connectivity index (χ3v) is 3.33. The van der Waals surface area contributed by atoms with Gasteiger partial charge in [-0.25, -0.2) is 0 Å². The van der Waals surface area contributed by atoms with Crippen molar-refractivity contribution in [2.45, 2.75) is 45.1 Å². The van der Waals surface area contributed by atoms with E-state index in [0.29, 0.717) is 17.7 Å². The van der Waals surface area contributed by atoms with Gasteiger partial charge in [0.15, 0.2) is 5.78 Å². The van der Waals surface area contributed by atoms with Gasteiger partial charge in [0.2, 0.25) is 0 Å². The van der Waals surface area contributed by atoms with Crippen molar-refractivity contribution in [3.63, 3.8) is 0 Å². The van der Waals surface area contributed by atoms with Crippen LogP contribution in [-0.4, -0.2) is 19.0 Å². The summed E-state index contributed by atoms with van der Waals surface area (Å²) in [5.41, 5.74) is 0.683. The van der Waals surface area contributed by atoms with Gasteiger partial charge in [0.25, 0.3) is 0 Å². The molecule has 0 N–H and O–H groups in total. The molecule has 0 aromatic heterocycles.